The number of carbonyl (C=O) groups excluding carboxylic acids is 1. The number of aromatic nitrogens is 2. The number of carbonyl (C=O) groups is 1. The van der Waals surface area contributed by atoms with Gasteiger partial charge < -0.3 is 15.0 Å². The van der Waals surface area contributed by atoms with Gasteiger partial charge in [0.15, 0.2) is 5.16 Å². The number of amides is 2. The molecular weight excluding hydrogens is 362 g/mol. The van der Waals surface area contributed by atoms with Crippen LogP contribution in [0.15, 0.2) is 41.6 Å². The van der Waals surface area contributed by atoms with Crippen LogP contribution in [0.3, 0.4) is 0 Å². The van der Waals surface area contributed by atoms with E-state index in [0.717, 1.165) is 35.1 Å². The predicted octanol–water partition coefficient (Wildman–Crippen LogP) is 3.40. The molecule has 0 atom stereocenters. The molecule has 0 bridgehead atoms. The highest BCUT2D eigenvalue weighted by Gasteiger charge is 2.12. The fourth-order valence-corrected chi connectivity index (χ4v) is 2.91. The van der Waals surface area contributed by atoms with Crippen LogP contribution in [-0.2, 0) is 6.42 Å². The van der Waals surface area contributed by atoms with Crippen molar-refractivity contribution < 1.29 is 18.3 Å². The van der Waals surface area contributed by atoms with Gasteiger partial charge in [-0.2, -0.15) is 0 Å². The van der Waals surface area contributed by atoms with Gasteiger partial charge in [-0.15, -0.1) is 0 Å². The molecule has 2 aromatic carbocycles. The third-order valence-corrected chi connectivity index (χ3v) is 4.29. The minimum absolute atomic E-state index is 0.0182. The van der Waals surface area contributed by atoms with Gasteiger partial charge in [0.1, 0.15) is 17.4 Å². The summed E-state index contributed by atoms with van der Waals surface area (Å²) in [6.07, 6.45) is 0.0182. The number of methoxy groups -OCH3 is 1. The summed E-state index contributed by atoms with van der Waals surface area (Å²) in [5.41, 5.74) is 1.56. The van der Waals surface area contributed by atoms with Crippen LogP contribution in [0.5, 0.6) is 5.75 Å². The van der Waals surface area contributed by atoms with E-state index in [0.29, 0.717) is 5.16 Å². The smallest absolute Gasteiger partial charge is 0.325 e. The van der Waals surface area contributed by atoms with Gasteiger partial charge in [-0.1, -0.05) is 12.1 Å². The lowest BCUT2D eigenvalue weighted by molar-refractivity contribution is 0.246. The number of fused-ring (bicyclic) bond motifs is 1. The maximum absolute atomic E-state index is 13.8. The molecule has 3 aromatic rings. The molecule has 0 saturated heterocycles. The molecule has 0 unspecified atom stereocenters. The van der Waals surface area contributed by atoms with E-state index in [9.17, 15) is 13.6 Å². The summed E-state index contributed by atoms with van der Waals surface area (Å²) in [5, 5.41) is 3.08. The first-order chi connectivity index (χ1) is 12.6. The number of aromatic amines is 1. The Morgan fingerprint density at radius 1 is 1.27 bits per heavy atom. The lowest BCUT2D eigenvalue weighted by Gasteiger charge is -2.09. The van der Waals surface area contributed by atoms with E-state index >= 15 is 0 Å². The molecule has 9 heteroatoms. The van der Waals surface area contributed by atoms with Gasteiger partial charge in [-0.05, 0) is 18.6 Å². The van der Waals surface area contributed by atoms with Crippen LogP contribution < -0.4 is 14.8 Å². The molecule has 0 radical (unpaired) electrons. The van der Waals surface area contributed by atoms with Crippen LogP contribution in [0, 0.1) is 11.6 Å². The van der Waals surface area contributed by atoms with Crippen molar-refractivity contribution in [3.63, 3.8) is 0 Å². The Morgan fingerprint density at radius 3 is 2.69 bits per heavy atom. The van der Waals surface area contributed by atoms with E-state index in [1.807, 2.05) is 24.3 Å². The first-order valence-electron chi connectivity index (χ1n) is 7.74. The topological polar surface area (TPSA) is 79.0 Å². The van der Waals surface area contributed by atoms with Gasteiger partial charge in [0.05, 0.1) is 18.1 Å². The number of hydrogen-bond donors (Lipinski definition) is 3. The molecule has 0 saturated carbocycles. The van der Waals surface area contributed by atoms with E-state index in [-0.39, 0.29) is 24.3 Å². The van der Waals surface area contributed by atoms with Crippen molar-refractivity contribution in [2.45, 2.75) is 11.6 Å². The molecule has 1 heterocycles. The predicted molar refractivity (Wildman–Crippen MR) is 95.1 cm³/mol. The number of ether oxygens (including phenoxy) is 1. The van der Waals surface area contributed by atoms with Crippen molar-refractivity contribution in [1.29, 1.82) is 0 Å². The molecule has 6 nitrogen and oxygen atoms in total. The van der Waals surface area contributed by atoms with Gasteiger partial charge in [0.25, 0.3) is 0 Å². The van der Waals surface area contributed by atoms with Gasteiger partial charge in [0, 0.05) is 36.2 Å². The Hall–Kier alpha value is -2.81. The zero-order valence-corrected chi connectivity index (χ0v) is 14.6. The molecule has 0 aliphatic heterocycles. The van der Waals surface area contributed by atoms with E-state index in [2.05, 4.69) is 20.0 Å². The quantitative estimate of drug-likeness (QED) is 0.575. The largest absolute Gasteiger partial charge is 0.497 e. The highest BCUT2D eigenvalue weighted by Crippen LogP contribution is 2.20. The summed E-state index contributed by atoms with van der Waals surface area (Å²) < 4.78 is 35.0. The van der Waals surface area contributed by atoms with Crippen molar-refractivity contribution in [1.82, 2.24) is 20.0 Å². The molecule has 2 amide bonds. The number of nitrogens with one attached hydrogen (secondary N) is 3. The number of halogens is 2. The van der Waals surface area contributed by atoms with Gasteiger partial charge in [-0.3, -0.25) is 4.72 Å². The molecule has 3 rings (SSSR count). The highest BCUT2D eigenvalue weighted by atomic mass is 32.2. The molecule has 0 aliphatic rings. The highest BCUT2D eigenvalue weighted by molar-refractivity contribution is 7.97. The third kappa shape index (κ3) is 4.23. The fraction of sp³-hybridized carbons (Fsp3) is 0.176. The van der Waals surface area contributed by atoms with Gasteiger partial charge >= 0.3 is 6.03 Å². The summed E-state index contributed by atoms with van der Waals surface area (Å²) in [7, 11) is 1.33. The van der Waals surface area contributed by atoms with Crippen molar-refractivity contribution in [3.8, 4) is 5.75 Å². The fourth-order valence-electron chi connectivity index (χ4n) is 2.35. The molecule has 3 N–H and O–H groups in total. The summed E-state index contributed by atoms with van der Waals surface area (Å²) in [4.78, 5) is 19.2. The molecule has 136 valence electrons. The van der Waals surface area contributed by atoms with Crippen LogP contribution in [0.1, 0.15) is 5.56 Å². The number of nitrogens with zero attached hydrogens (tertiary/aromatic N) is 1. The van der Waals surface area contributed by atoms with E-state index < -0.39 is 17.7 Å². The number of benzene rings is 2. The summed E-state index contributed by atoms with van der Waals surface area (Å²) in [6.45, 7) is 0.0761. The second kappa shape index (κ2) is 8.05. The minimum atomic E-state index is -0.708. The van der Waals surface area contributed by atoms with Crippen LogP contribution in [-0.4, -0.2) is 29.7 Å². The Labute approximate surface area is 152 Å². The first-order valence-corrected chi connectivity index (χ1v) is 8.56. The molecule has 0 fully saturated rings. The lowest BCUT2D eigenvalue weighted by Crippen LogP contribution is -2.33. The van der Waals surface area contributed by atoms with Crippen LogP contribution >= 0.6 is 11.9 Å². The Morgan fingerprint density at radius 2 is 2.00 bits per heavy atom. The molecular formula is C17H16F2N4O2S. The summed E-state index contributed by atoms with van der Waals surface area (Å²) in [5.74, 6) is -1.31. The monoisotopic (exact) mass is 378 g/mol. The lowest BCUT2D eigenvalue weighted by atomic mass is 10.1. The van der Waals surface area contributed by atoms with Crippen molar-refractivity contribution in [2.24, 2.45) is 0 Å². The van der Waals surface area contributed by atoms with Crippen LogP contribution in [0.4, 0.5) is 13.6 Å². The molecule has 26 heavy (non-hydrogen) atoms. The average Bonchev–Trinajstić information content (AvgIpc) is 3.05. The van der Waals surface area contributed by atoms with Gasteiger partial charge in [-0.25, -0.2) is 18.6 Å². The minimum Gasteiger partial charge on any atom is -0.497 e. The second-order valence-corrected chi connectivity index (χ2v) is 6.13. The Bertz CT molecular complexity index is 876. The van der Waals surface area contributed by atoms with Crippen molar-refractivity contribution in [2.75, 3.05) is 13.7 Å². The molecule has 0 spiro atoms. The van der Waals surface area contributed by atoms with Crippen LogP contribution in [0.25, 0.3) is 11.0 Å². The first kappa shape index (κ1) is 18.0. The molecule has 0 aliphatic carbocycles. The van der Waals surface area contributed by atoms with Crippen LogP contribution in [0.2, 0.25) is 0 Å². The SMILES string of the molecule is COc1cc(F)c(CCNC(=O)NSc2nc3ccccc3[nH]2)c(F)c1. The maximum atomic E-state index is 13.8. The number of imidazole rings is 1. The zero-order chi connectivity index (χ0) is 18.5. The van der Waals surface area contributed by atoms with E-state index in [1.165, 1.54) is 7.11 Å². The number of para-hydroxylation sites is 2. The number of hydrogen-bond acceptors (Lipinski definition) is 4. The Kier molecular flexibility index (Phi) is 5.57. The Balaban J connectivity index is 1.48. The maximum Gasteiger partial charge on any atom is 0.325 e. The third-order valence-electron chi connectivity index (χ3n) is 3.62. The zero-order valence-electron chi connectivity index (χ0n) is 13.8. The van der Waals surface area contributed by atoms with E-state index in [4.69, 9.17) is 4.74 Å². The van der Waals surface area contributed by atoms with Crippen molar-refractivity contribution in [3.05, 3.63) is 53.6 Å². The summed E-state index contributed by atoms with van der Waals surface area (Å²) >= 11 is 1.02. The van der Waals surface area contributed by atoms with E-state index in [1.54, 1.807) is 0 Å². The number of H-pyrrole nitrogens is 1. The normalized spacial score (nSPS) is 10.7. The number of rotatable bonds is 6. The van der Waals surface area contributed by atoms with Gasteiger partial charge in [0.2, 0.25) is 0 Å². The van der Waals surface area contributed by atoms with Crippen molar-refractivity contribution >= 4 is 29.0 Å². The number of urea groups is 1. The summed E-state index contributed by atoms with van der Waals surface area (Å²) in [6, 6.07) is 9.22. The average molecular weight is 378 g/mol. The molecule has 1 aromatic heterocycles. The second-order valence-electron chi connectivity index (χ2n) is 5.34. The standard InChI is InChI=1S/C17H16F2N4O2S/c1-25-10-8-12(18)11(13(19)9-10)6-7-20-16(24)23-26-17-21-14-4-2-3-5-15(14)22-17/h2-5,8-9H,6-7H2,1H3,(H,21,22)(H2,20,23,24).